The molecule has 0 fully saturated rings. The van der Waals surface area contributed by atoms with Crippen molar-refractivity contribution in [2.75, 3.05) is 13.7 Å². The van der Waals surface area contributed by atoms with Gasteiger partial charge < -0.3 is 9.47 Å². The van der Waals surface area contributed by atoms with Crippen molar-refractivity contribution in [1.82, 2.24) is 10.9 Å². The zero-order valence-electron chi connectivity index (χ0n) is 17.1. The normalized spacial score (nSPS) is 10.6. The fourth-order valence-corrected chi connectivity index (χ4v) is 3.42. The fourth-order valence-electron chi connectivity index (χ4n) is 2.41. The summed E-state index contributed by atoms with van der Waals surface area (Å²) in [6.07, 6.45) is 0.870. The predicted octanol–water partition coefficient (Wildman–Crippen LogP) is 4.26. The van der Waals surface area contributed by atoms with Gasteiger partial charge in [-0.3, -0.25) is 25.2 Å². The van der Waals surface area contributed by atoms with Crippen LogP contribution < -0.4 is 20.3 Å². The third-order valence-corrected chi connectivity index (χ3v) is 5.39. The first-order valence-corrected chi connectivity index (χ1v) is 10.7. The molecule has 2 rings (SSSR count). The number of thiophene rings is 1. The Balaban J connectivity index is 1.83. The molecule has 0 aliphatic rings. The molecule has 0 spiro atoms. The number of carbonyl (C=O) groups excluding carboxylic acids is 3. The Labute approximate surface area is 184 Å². The van der Waals surface area contributed by atoms with Crippen LogP contribution in [0.1, 0.15) is 53.1 Å². The number of benzene rings is 1. The quantitative estimate of drug-likeness (QED) is 0.415. The van der Waals surface area contributed by atoms with Crippen LogP contribution in [0.4, 0.5) is 0 Å². The van der Waals surface area contributed by atoms with E-state index in [1.807, 2.05) is 0 Å². The minimum absolute atomic E-state index is 0.0226. The van der Waals surface area contributed by atoms with Crippen molar-refractivity contribution >= 4 is 40.5 Å². The lowest BCUT2D eigenvalue weighted by Gasteiger charge is -2.13. The number of hydrazine groups is 1. The lowest BCUT2D eigenvalue weighted by Crippen LogP contribution is -2.41. The van der Waals surface area contributed by atoms with Gasteiger partial charge in [0.05, 0.1) is 22.9 Å². The molecule has 7 nitrogen and oxygen atoms in total. The van der Waals surface area contributed by atoms with Crippen molar-refractivity contribution in [1.29, 1.82) is 0 Å². The van der Waals surface area contributed by atoms with Crippen LogP contribution in [0.5, 0.6) is 11.5 Å². The zero-order chi connectivity index (χ0) is 22.1. The molecule has 0 aliphatic carbocycles. The summed E-state index contributed by atoms with van der Waals surface area (Å²) in [5, 5.41) is 0. The molecule has 2 aromatic rings. The molecule has 0 atom stereocenters. The van der Waals surface area contributed by atoms with Gasteiger partial charge in [-0.1, -0.05) is 25.4 Å². The maximum absolute atomic E-state index is 12.3. The van der Waals surface area contributed by atoms with Crippen molar-refractivity contribution in [3.8, 4) is 11.5 Å². The second kappa shape index (κ2) is 11.6. The highest BCUT2D eigenvalue weighted by molar-refractivity contribution is 7.18. The van der Waals surface area contributed by atoms with Crippen LogP contribution in [0.15, 0.2) is 30.3 Å². The number of rotatable bonds is 10. The molecule has 0 unspecified atom stereocenters. The second-order valence-electron chi connectivity index (χ2n) is 6.93. The number of nitrogens with one attached hydrogen (secondary N) is 2. The average molecular weight is 453 g/mol. The molecular formula is C21H25ClN2O5S. The van der Waals surface area contributed by atoms with E-state index in [4.69, 9.17) is 21.1 Å². The Morgan fingerprint density at radius 1 is 1.07 bits per heavy atom. The number of hydrogen-bond acceptors (Lipinski definition) is 6. The van der Waals surface area contributed by atoms with Crippen molar-refractivity contribution in [3.63, 3.8) is 0 Å². The number of ketones is 1. The highest BCUT2D eigenvalue weighted by atomic mass is 35.5. The lowest BCUT2D eigenvalue weighted by molar-refractivity contribution is -0.121. The van der Waals surface area contributed by atoms with E-state index in [9.17, 15) is 14.4 Å². The van der Waals surface area contributed by atoms with Crippen LogP contribution >= 0.6 is 22.9 Å². The molecule has 1 heterocycles. The summed E-state index contributed by atoms with van der Waals surface area (Å²) in [7, 11) is 1.49. The molecule has 30 heavy (non-hydrogen) atoms. The molecule has 162 valence electrons. The van der Waals surface area contributed by atoms with Crippen LogP contribution in [0.2, 0.25) is 4.34 Å². The van der Waals surface area contributed by atoms with Gasteiger partial charge in [-0.05, 0) is 42.7 Å². The molecule has 0 radical (unpaired) electrons. The molecule has 0 bridgehead atoms. The molecule has 2 N–H and O–H groups in total. The summed E-state index contributed by atoms with van der Waals surface area (Å²) < 4.78 is 11.5. The first kappa shape index (κ1) is 23.7. The minimum Gasteiger partial charge on any atom is -0.493 e. The molecule has 2 amide bonds. The van der Waals surface area contributed by atoms with Gasteiger partial charge in [0, 0.05) is 18.4 Å². The van der Waals surface area contributed by atoms with Gasteiger partial charge in [0.1, 0.15) is 0 Å². The number of carbonyl (C=O) groups is 3. The number of Topliss-reactive ketones (excluding diaryl/α,β-unsaturated/α-hetero) is 1. The molecule has 9 heteroatoms. The van der Waals surface area contributed by atoms with Crippen LogP contribution in [0.3, 0.4) is 0 Å². The third kappa shape index (κ3) is 7.35. The smallest absolute Gasteiger partial charge is 0.269 e. The van der Waals surface area contributed by atoms with Crippen molar-refractivity contribution in [2.45, 2.75) is 33.1 Å². The summed E-state index contributed by atoms with van der Waals surface area (Å²) in [5.74, 6) is 0.338. The molecule has 0 saturated carbocycles. The van der Waals surface area contributed by atoms with E-state index in [-0.39, 0.29) is 18.6 Å². The van der Waals surface area contributed by atoms with Crippen LogP contribution in [0.25, 0.3) is 0 Å². The number of methoxy groups -OCH3 is 1. The largest absolute Gasteiger partial charge is 0.493 e. The van der Waals surface area contributed by atoms with Crippen molar-refractivity contribution in [2.24, 2.45) is 5.92 Å². The van der Waals surface area contributed by atoms with Gasteiger partial charge >= 0.3 is 0 Å². The maximum Gasteiger partial charge on any atom is 0.269 e. The number of hydrogen-bond donors (Lipinski definition) is 2. The van der Waals surface area contributed by atoms with Crippen LogP contribution in [-0.4, -0.2) is 31.3 Å². The molecule has 1 aromatic heterocycles. The van der Waals surface area contributed by atoms with Gasteiger partial charge in [-0.15, -0.1) is 11.3 Å². The fraction of sp³-hybridized carbons (Fsp3) is 0.381. The third-order valence-electron chi connectivity index (χ3n) is 4.12. The zero-order valence-corrected chi connectivity index (χ0v) is 18.7. The maximum atomic E-state index is 12.3. The van der Waals surface area contributed by atoms with Crippen molar-refractivity contribution in [3.05, 3.63) is 45.1 Å². The number of ether oxygens (including phenoxy) is 2. The monoisotopic (exact) mass is 452 g/mol. The molecule has 0 saturated heterocycles. The van der Waals surface area contributed by atoms with E-state index in [2.05, 4.69) is 24.7 Å². The highest BCUT2D eigenvalue weighted by Gasteiger charge is 2.14. The Morgan fingerprint density at radius 3 is 2.47 bits per heavy atom. The minimum atomic E-state index is -0.508. The number of amides is 2. The van der Waals surface area contributed by atoms with E-state index < -0.39 is 11.8 Å². The Hall–Kier alpha value is -2.58. The molecule has 0 aliphatic heterocycles. The molecular weight excluding hydrogens is 428 g/mol. The SMILES string of the molecule is COc1cc(C(=O)NNC(=O)CCC(=O)c2ccc(Cl)s2)ccc1OCCC(C)C. The Kier molecular flexibility index (Phi) is 9.14. The van der Waals surface area contributed by atoms with Gasteiger partial charge in [0.2, 0.25) is 5.91 Å². The van der Waals surface area contributed by atoms with E-state index in [1.165, 1.54) is 24.5 Å². The summed E-state index contributed by atoms with van der Waals surface area (Å²) in [4.78, 5) is 36.7. The summed E-state index contributed by atoms with van der Waals surface area (Å²) in [6.45, 7) is 4.76. The Bertz CT molecular complexity index is 897. The average Bonchev–Trinajstić information content (AvgIpc) is 3.16. The van der Waals surface area contributed by atoms with E-state index in [0.717, 1.165) is 6.42 Å². The highest BCUT2D eigenvalue weighted by Crippen LogP contribution is 2.28. The summed E-state index contributed by atoms with van der Waals surface area (Å²) >= 11 is 6.97. The van der Waals surface area contributed by atoms with E-state index >= 15 is 0 Å². The molecule has 1 aromatic carbocycles. The standard InChI is InChI=1S/C21H25ClN2O5S/c1-13(2)10-11-29-16-6-4-14(12-17(16)28-3)21(27)24-23-20(26)9-5-15(25)18-7-8-19(22)30-18/h4,6-8,12-13H,5,9-11H2,1-3H3,(H,23,26)(H,24,27). The van der Waals surface area contributed by atoms with Crippen LogP contribution in [-0.2, 0) is 4.79 Å². The van der Waals surface area contributed by atoms with E-state index in [1.54, 1.807) is 24.3 Å². The lowest BCUT2D eigenvalue weighted by atomic mass is 10.1. The van der Waals surface area contributed by atoms with Gasteiger partial charge in [-0.2, -0.15) is 0 Å². The van der Waals surface area contributed by atoms with Gasteiger partial charge in [0.15, 0.2) is 17.3 Å². The predicted molar refractivity (Wildman–Crippen MR) is 116 cm³/mol. The second-order valence-corrected chi connectivity index (χ2v) is 8.64. The van der Waals surface area contributed by atoms with Gasteiger partial charge in [0.25, 0.3) is 5.91 Å². The van der Waals surface area contributed by atoms with Crippen LogP contribution in [0, 0.1) is 5.92 Å². The number of halogens is 1. The summed E-state index contributed by atoms with van der Waals surface area (Å²) in [5.41, 5.74) is 4.94. The first-order chi connectivity index (χ1) is 14.3. The first-order valence-electron chi connectivity index (χ1n) is 9.48. The van der Waals surface area contributed by atoms with Gasteiger partial charge in [-0.25, -0.2) is 0 Å². The summed E-state index contributed by atoms with van der Waals surface area (Å²) in [6, 6.07) is 8.03. The topological polar surface area (TPSA) is 93.7 Å². The van der Waals surface area contributed by atoms with E-state index in [0.29, 0.717) is 38.8 Å². The Morgan fingerprint density at radius 2 is 1.83 bits per heavy atom. The van der Waals surface area contributed by atoms with Crippen molar-refractivity contribution < 1.29 is 23.9 Å².